The first-order chi connectivity index (χ1) is 9.09. The number of halogens is 1. The molecule has 0 spiro atoms. The lowest BCUT2D eigenvalue weighted by Gasteiger charge is -2.08. The van der Waals surface area contributed by atoms with Crippen molar-refractivity contribution in [3.63, 3.8) is 0 Å². The molecule has 0 bridgehead atoms. The third-order valence-corrected chi connectivity index (χ3v) is 3.86. The summed E-state index contributed by atoms with van der Waals surface area (Å²) in [5.74, 6) is 1.48. The van der Waals surface area contributed by atoms with Crippen LogP contribution in [-0.2, 0) is 6.54 Å². The van der Waals surface area contributed by atoms with Crippen LogP contribution in [0.4, 0.5) is 0 Å². The Morgan fingerprint density at radius 3 is 2.89 bits per heavy atom. The molecule has 3 nitrogen and oxygen atoms in total. The molecule has 102 valence electrons. The van der Waals surface area contributed by atoms with Crippen LogP contribution in [0.3, 0.4) is 0 Å². The second-order valence-electron chi connectivity index (χ2n) is 5.07. The Morgan fingerprint density at radius 2 is 2.16 bits per heavy atom. The number of aromatic nitrogens is 1. The normalized spacial score (nSPS) is 11.2. The summed E-state index contributed by atoms with van der Waals surface area (Å²) in [6.07, 6.45) is 1.52. The van der Waals surface area contributed by atoms with Crippen LogP contribution >= 0.6 is 15.9 Å². The van der Waals surface area contributed by atoms with Crippen LogP contribution in [0.15, 0.2) is 33.5 Å². The summed E-state index contributed by atoms with van der Waals surface area (Å²) in [6.45, 7) is 8.16. The van der Waals surface area contributed by atoms with Gasteiger partial charge in [-0.25, -0.2) is 4.98 Å². The smallest absolute Gasteiger partial charge is 0.181 e. The number of hydrogen-bond donors (Lipinski definition) is 1. The number of hydrogen-bond acceptors (Lipinski definition) is 3. The number of nitrogens with one attached hydrogen (secondary N) is 1. The molecule has 2 aromatic rings. The molecule has 1 aromatic heterocycles. The number of benzene rings is 1. The molecule has 0 saturated carbocycles. The summed E-state index contributed by atoms with van der Waals surface area (Å²) >= 11 is 3.55. The van der Waals surface area contributed by atoms with Gasteiger partial charge in [0.25, 0.3) is 0 Å². The average Bonchev–Trinajstić information content (AvgIpc) is 2.80. The van der Waals surface area contributed by atoms with Gasteiger partial charge in [0.15, 0.2) is 12.2 Å². The average molecular weight is 323 g/mol. The van der Waals surface area contributed by atoms with E-state index >= 15 is 0 Å². The third kappa shape index (κ3) is 3.45. The second-order valence-corrected chi connectivity index (χ2v) is 5.92. The molecule has 1 N–H and O–H groups in total. The van der Waals surface area contributed by atoms with Crippen LogP contribution < -0.4 is 5.32 Å². The van der Waals surface area contributed by atoms with Crippen molar-refractivity contribution < 1.29 is 4.42 Å². The SMILES string of the molecule is Cc1c(Br)cccc1-c1ocnc1CNCC(C)C. The third-order valence-electron chi connectivity index (χ3n) is 3.00. The molecule has 0 amide bonds. The molecular formula is C15H19BrN2O. The van der Waals surface area contributed by atoms with Gasteiger partial charge in [-0.1, -0.05) is 41.9 Å². The molecule has 0 atom stereocenters. The van der Waals surface area contributed by atoms with Crippen molar-refractivity contribution in [1.82, 2.24) is 10.3 Å². The molecule has 1 heterocycles. The minimum Gasteiger partial charge on any atom is -0.443 e. The molecule has 2 rings (SSSR count). The topological polar surface area (TPSA) is 38.1 Å². The standard InChI is InChI=1S/C15H19BrN2O/c1-10(2)7-17-8-14-15(19-9-18-14)12-5-4-6-13(16)11(12)3/h4-6,9-10,17H,7-8H2,1-3H3. The summed E-state index contributed by atoms with van der Waals surface area (Å²) in [5, 5.41) is 3.40. The van der Waals surface area contributed by atoms with Gasteiger partial charge in [0.1, 0.15) is 5.69 Å². The quantitative estimate of drug-likeness (QED) is 0.898. The summed E-state index contributed by atoms with van der Waals surface area (Å²) in [7, 11) is 0. The lowest BCUT2D eigenvalue weighted by molar-refractivity contribution is 0.545. The van der Waals surface area contributed by atoms with E-state index in [4.69, 9.17) is 4.42 Å². The van der Waals surface area contributed by atoms with E-state index in [9.17, 15) is 0 Å². The fraction of sp³-hybridized carbons (Fsp3) is 0.400. The lowest BCUT2D eigenvalue weighted by Crippen LogP contribution is -2.19. The van der Waals surface area contributed by atoms with Gasteiger partial charge in [-0.3, -0.25) is 0 Å². The van der Waals surface area contributed by atoms with Crippen molar-refractivity contribution in [3.8, 4) is 11.3 Å². The Kier molecular flexibility index (Phi) is 4.77. The molecule has 0 radical (unpaired) electrons. The first kappa shape index (κ1) is 14.3. The van der Waals surface area contributed by atoms with E-state index < -0.39 is 0 Å². The molecule has 0 fully saturated rings. The summed E-state index contributed by atoms with van der Waals surface area (Å²) in [6, 6.07) is 6.11. The zero-order valence-corrected chi connectivity index (χ0v) is 13.1. The molecule has 0 saturated heterocycles. The van der Waals surface area contributed by atoms with Crippen molar-refractivity contribution in [2.24, 2.45) is 5.92 Å². The zero-order valence-electron chi connectivity index (χ0n) is 11.5. The first-order valence-electron chi connectivity index (χ1n) is 6.48. The number of oxazole rings is 1. The van der Waals surface area contributed by atoms with Gasteiger partial charge >= 0.3 is 0 Å². The van der Waals surface area contributed by atoms with Crippen LogP contribution in [0.2, 0.25) is 0 Å². The van der Waals surface area contributed by atoms with Crippen molar-refractivity contribution in [1.29, 1.82) is 0 Å². The molecule has 0 unspecified atom stereocenters. The van der Waals surface area contributed by atoms with E-state index in [1.807, 2.05) is 12.1 Å². The van der Waals surface area contributed by atoms with Crippen molar-refractivity contribution in [2.45, 2.75) is 27.3 Å². The Labute approximate surface area is 122 Å². The van der Waals surface area contributed by atoms with E-state index in [0.29, 0.717) is 5.92 Å². The minimum atomic E-state index is 0.628. The highest BCUT2D eigenvalue weighted by molar-refractivity contribution is 9.10. The summed E-state index contributed by atoms with van der Waals surface area (Å²) in [5.41, 5.74) is 3.22. The fourth-order valence-corrected chi connectivity index (χ4v) is 2.31. The lowest BCUT2D eigenvalue weighted by atomic mass is 10.1. The highest BCUT2D eigenvalue weighted by Crippen LogP contribution is 2.30. The highest BCUT2D eigenvalue weighted by Gasteiger charge is 2.13. The Morgan fingerprint density at radius 1 is 1.37 bits per heavy atom. The number of nitrogens with zero attached hydrogens (tertiary/aromatic N) is 1. The van der Waals surface area contributed by atoms with Crippen molar-refractivity contribution >= 4 is 15.9 Å². The van der Waals surface area contributed by atoms with Crippen LogP contribution in [0.1, 0.15) is 25.1 Å². The van der Waals surface area contributed by atoms with E-state index in [-0.39, 0.29) is 0 Å². The maximum Gasteiger partial charge on any atom is 0.181 e. The molecule has 0 aliphatic carbocycles. The zero-order chi connectivity index (χ0) is 13.8. The summed E-state index contributed by atoms with van der Waals surface area (Å²) < 4.78 is 6.66. The summed E-state index contributed by atoms with van der Waals surface area (Å²) in [4.78, 5) is 4.32. The first-order valence-corrected chi connectivity index (χ1v) is 7.27. The second kappa shape index (κ2) is 6.35. The van der Waals surface area contributed by atoms with Gasteiger partial charge < -0.3 is 9.73 Å². The fourth-order valence-electron chi connectivity index (χ4n) is 1.95. The predicted octanol–water partition coefficient (Wildman–Crippen LogP) is 4.16. The van der Waals surface area contributed by atoms with Gasteiger partial charge in [0.2, 0.25) is 0 Å². The monoisotopic (exact) mass is 322 g/mol. The van der Waals surface area contributed by atoms with Gasteiger partial charge in [0.05, 0.1) is 0 Å². The molecule has 0 aliphatic heterocycles. The Hall–Kier alpha value is -1.13. The maximum absolute atomic E-state index is 5.57. The van der Waals surface area contributed by atoms with E-state index in [2.05, 4.69) is 53.1 Å². The van der Waals surface area contributed by atoms with E-state index in [1.54, 1.807) is 0 Å². The van der Waals surface area contributed by atoms with Gasteiger partial charge in [-0.15, -0.1) is 0 Å². The van der Waals surface area contributed by atoms with Gasteiger partial charge in [-0.05, 0) is 31.0 Å². The van der Waals surface area contributed by atoms with Crippen molar-refractivity contribution in [2.75, 3.05) is 6.54 Å². The molecule has 0 aliphatic rings. The largest absolute Gasteiger partial charge is 0.443 e. The number of rotatable bonds is 5. The van der Waals surface area contributed by atoms with Crippen LogP contribution in [0.5, 0.6) is 0 Å². The Balaban J connectivity index is 2.21. The van der Waals surface area contributed by atoms with Crippen LogP contribution in [-0.4, -0.2) is 11.5 Å². The molecule has 19 heavy (non-hydrogen) atoms. The van der Waals surface area contributed by atoms with E-state index in [1.165, 1.54) is 12.0 Å². The van der Waals surface area contributed by atoms with Crippen molar-refractivity contribution in [3.05, 3.63) is 40.3 Å². The van der Waals surface area contributed by atoms with Crippen LogP contribution in [0, 0.1) is 12.8 Å². The molecule has 1 aromatic carbocycles. The van der Waals surface area contributed by atoms with E-state index in [0.717, 1.165) is 34.6 Å². The predicted molar refractivity (Wildman–Crippen MR) is 80.9 cm³/mol. The minimum absolute atomic E-state index is 0.628. The van der Waals surface area contributed by atoms with Crippen LogP contribution in [0.25, 0.3) is 11.3 Å². The van der Waals surface area contributed by atoms with Gasteiger partial charge in [0, 0.05) is 16.6 Å². The molecule has 4 heteroatoms. The highest BCUT2D eigenvalue weighted by atomic mass is 79.9. The Bertz CT molecular complexity index is 549. The van der Waals surface area contributed by atoms with Gasteiger partial charge in [-0.2, -0.15) is 0 Å². The molecular weight excluding hydrogens is 304 g/mol. The maximum atomic E-state index is 5.57.